The minimum absolute atomic E-state index is 0. The van der Waals surface area contributed by atoms with Crippen molar-refractivity contribution in [3.8, 4) is 0 Å². The smallest absolute Gasteiger partial charge is 1.00 e. The Morgan fingerprint density at radius 2 is 1.76 bits per heavy atom. The van der Waals surface area contributed by atoms with Gasteiger partial charge >= 0.3 is 30.8 Å². The summed E-state index contributed by atoms with van der Waals surface area (Å²) in [6.45, 7) is 7.68. The van der Waals surface area contributed by atoms with Crippen molar-refractivity contribution in [2.45, 2.75) is 45.1 Å². The van der Waals surface area contributed by atoms with Gasteiger partial charge < -0.3 is 11.3 Å². The number of hydrogen-bond donors (Lipinski definition) is 2. The molecule has 136 valence electrons. The van der Waals surface area contributed by atoms with Gasteiger partial charge in [0.25, 0.3) is 10.1 Å². The van der Waals surface area contributed by atoms with Crippen molar-refractivity contribution >= 4 is 22.1 Å². The Morgan fingerprint density at radius 3 is 2.16 bits per heavy atom. The van der Waals surface area contributed by atoms with Crippen LogP contribution in [0.2, 0.25) is 0 Å². The second kappa shape index (κ2) is 9.39. The molecule has 1 aromatic carbocycles. The normalized spacial score (nSPS) is 12.6. The molecule has 0 amide bonds. The Kier molecular flexibility index (Phi) is 8.89. The molecule has 25 heavy (non-hydrogen) atoms. The second-order valence-electron chi connectivity index (χ2n) is 6.31. The van der Waals surface area contributed by atoms with Crippen LogP contribution in [0.4, 0.5) is 0 Å². The van der Waals surface area contributed by atoms with Gasteiger partial charge in [0.05, 0.1) is 11.1 Å². The van der Waals surface area contributed by atoms with E-state index in [9.17, 15) is 22.6 Å². The maximum Gasteiger partial charge on any atom is 1.00 e. The van der Waals surface area contributed by atoms with Gasteiger partial charge in [-0.25, -0.2) is 9.59 Å². The third kappa shape index (κ3) is 6.82. The number of ether oxygens (including phenoxy) is 1. The molecule has 7 nitrogen and oxygen atoms in total. The molecule has 1 atom stereocenters. The summed E-state index contributed by atoms with van der Waals surface area (Å²) in [7, 11) is -4.78. The van der Waals surface area contributed by atoms with Gasteiger partial charge in [-0.05, 0) is 36.5 Å². The van der Waals surface area contributed by atoms with Crippen molar-refractivity contribution in [3.63, 3.8) is 0 Å². The van der Waals surface area contributed by atoms with Crippen LogP contribution in [-0.4, -0.2) is 36.1 Å². The topological polar surface area (TPSA) is 118 Å². The standard InChI is InChI=1S/C16H22O7S.Li.H/c1-9(2)7-13(10(3)4)23-16(19)12-6-5-11(15(17)18)8-14(12)24(20,21)22;;/h5-6,8-10,13H,7H2,1-4H3,(H,17,18)(H,20,21,22);;/q;+1;-1. The number of aromatic carboxylic acids is 1. The summed E-state index contributed by atoms with van der Waals surface area (Å²) < 4.78 is 37.6. The van der Waals surface area contributed by atoms with Crippen LogP contribution in [0.25, 0.3) is 0 Å². The van der Waals surface area contributed by atoms with Crippen LogP contribution >= 0.6 is 0 Å². The van der Waals surface area contributed by atoms with Gasteiger partial charge in [0, 0.05) is 0 Å². The molecule has 0 heterocycles. The van der Waals surface area contributed by atoms with Crippen LogP contribution in [-0.2, 0) is 14.9 Å². The van der Waals surface area contributed by atoms with E-state index in [2.05, 4.69) is 0 Å². The molecular weight excluding hydrogens is 343 g/mol. The monoisotopic (exact) mass is 366 g/mol. The predicted molar refractivity (Wildman–Crippen MR) is 87.8 cm³/mol. The van der Waals surface area contributed by atoms with Crippen LogP contribution in [0.5, 0.6) is 0 Å². The minimum atomic E-state index is -4.78. The summed E-state index contributed by atoms with van der Waals surface area (Å²) in [6, 6.07) is 2.85. The Hall–Kier alpha value is -1.33. The molecule has 0 aliphatic rings. The van der Waals surface area contributed by atoms with Gasteiger partial charge in [-0.2, -0.15) is 8.42 Å². The Balaban J connectivity index is 0. The molecule has 1 rings (SSSR count). The second-order valence-corrected chi connectivity index (χ2v) is 7.70. The molecule has 0 aliphatic heterocycles. The summed E-state index contributed by atoms with van der Waals surface area (Å²) >= 11 is 0. The fourth-order valence-corrected chi connectivity index (χ4v) is 2.86. The molecule has 0 saturated heterocycles. The largest absolute Gasteiger partial charge is 1.00 e. The molecule has 0 spiro atoms. The van der Waals surface area contributed by atoms with Crippen LogP contribution in [0.3, 0.4) is 0 Å². The van der Waals surface area contributed by atoms with Crippen LogP contribution in [0.15, 0.2) is 23.1 Å². The average molecular weight is 366 g/mol. The molecule has 0 fully saturated rings. The summed E-state index contributed by atoms with van der Waals surface area (Å²) in [6.07, 6.45) is 0.170. The molecule has 0 radical (unpaired) electrons. The third-order valence-electron chi connectivity index (χ3n) is 3.43. The first-order valence-electron chi connectivity index (χ1n) is 7.49. The summed E-state index contributed by atoms with van der Waals surface area (Å²) in [5.74, 6) is -2.01. The third-order valence-corrected chi connectivity index (χ3v) is 4.33. The number of hydrogen-bond acceptors (Lipinski definition) is 5. The van der Waals surface area contributed by atoms with Gasteiger partial charge in [-0.15, -0.1) is 0 Å². The molecular formula is C16H23LiO7S. The van der Waals surface area contributed by atoms with Gasteiger partial charge in [0.1, 0.15) is 11.0 Å². The van der Waals surface area contributed by atoms with E-state index >= 15 is 0 Å². The first kappa shape index (κ1) is 23.7. The predicted octanol–water partition coefficient (Wildman–Crippen LogP) is -0.0245. The summed E-state index contributed by atoms with van der Waals surface area (Å²) in [5.41, 5.74) is -0.751. The SMILES string of the molecule is CC(C)CC(OC(=O)c1ccc(C(=O)O)cc1S(=O)(=O)O)C(C)C.[H-].[Li+]. The fraction of sp³-hybridized carbons (Fsp3) is 0.500. The quantitative estimate of drug-likeness (QED) is 0.395. The number of carboxylic acids is 1. The van der Waals surface area contributed by atoms with E-state index in [1.54, 1.807) is 0 Å². The van der Waals surface area contributed by atoms with Gasteiger partial charge in [0.2, 0.25) is 0 Å². The molecule has 2 N–H and O–H groups in total. The van der Waals surface area contributed by atoms with E-state index in [-0.39, 0.29) is 37.7 Å². The van der Waals surface area contributed by atoms with E-state index in [1.807, 2.05) is 27.7 Å². The molecule has 9 heteroatoms. The first-order chi connectivity index (χ1) is 10.9. The zero-order valence-corrected chi connectivity index (χ0v) is 15.8. The van der Waals surface area contributed by atoms with Gasteiger partial charge in [0.15, 0.2) is 0 Å². The van der Waals surface area contributed by atoms with Crippen molar-refractivity contribution in [3.05, 3.63) is 29.3 Å². The fourth-order valence-electron chi connectivity index (χ4n) is 2.16. The van der Waals surface area contributed by atoms with Crippen molar-refractivity contribution in [1.82, 2.24) is 0 Å². The molecule has 0 aliphatic carbocycles. The minimum Gasteiger partial charge on any atom is -1.00 e. The average Bonchev–Trinajstić information content (AvgIpc) is 2.44. The molecule has 0 bridgehead atoms. The van der Waals surface area contributed by atoms with Crippen LogP contribution in [0, 0.1) is 11.8 Å². The Bertz CT molecular complexity index is 732. The van der Waals surface area contributed by atoms with E-state index in [1.165, 1.54) is 0 Å². The Morgan fingerprint density at radius 1 is 1.20 bits per heavy atom. The van der Waals surface area contributed by atoms with Crippen LogP contribution in [0.1, 0.15) is 56.3 Å². The zero-order chi connectivity index (χ0) is 18.7. The zero-order valence-electron chi connectivity index (χ0n) is 16.0. The van der Waals surface area contributed by atoms with Gasteiger partial charge in [-0.3, -0.25) is 4.55 Å². The van der Waals surface area contributed by atoms with Crippen molar-refractivity contribution in [1.29, 1.82) is 0 Å². The number of carbonyl (C=O) groups excluding carboxylic acids is 1. The van der Waals surface area contributed by atoms with Gasteiger partial charge in [-0.1, -0.05) is 27.7 Å². The van der Waals surface area contributed by atoms with Crippen molar-refractivity contribution in [2.24, 2.45) is 11.8 Å². The molecule has 0 saturated carbocycles. The summed E-state index contributed by atoms with van der Waals surface area (Å²) in [5, 5.41) is 8.93. The van der Waals surface area contributed by atoms with E-state index in [0.29, 0.717) is 6.42 Å². The molecule has 1 unspecified atom stereocenters. The number of carboxylic acid groups (broad SMARTS) is 1. The van der Waals surface area contributed by atoms with Crippen molar-refractivity contribution in [2.75, 3.05) is 0 Å². The van der Waals surface area contributed by atoms with E-state index in [4.69, 9.17) is 9.84 Å². The number of rotatable bonds is 7. The maximum absolute atomic E-state index is 12.3. The number of carbonyl (C=O) groups is 2. The van der Waals surface area contributed by atoms with Crippen molar-refractivity contribution < 1.29 is 52.7 Å². The molecule has 1 aromatic rings. The summed E-state index contributed by atoms with van der Waals surface area (Å²) in [4.78, 5) is 22.5. The first-order valence-corrected chi connectivity index (χ1v) is 8.93. The van der Waals surface area contributed by atoms with E-state index in [0.717, 1.165) is 18.2 Å². The maximum atomic E-state index is 12.3. The van der Waals surface area contributed by atoms with Crippen LogP contribution < -0.4 is 18.9 Å². The number of benzene rings is 1. The molecule has 0 aromatic heterocycles. The Labute approximate surface area is 161 Å². The number of esters is 1. The van der Waals surface area contributed by atoms with E-state index < -0.39 is 38.6 Å².